The van der Waals surface area contributed by atoms with Gasteiger partial charge in [-0.25, -0.2) is 0 Å². The van der Waals surface area contributed by atoms with Gasteiger partial charge in [-0.1, -0.05) is 26.0 Å². The summed E-state index contributed by atoms with van der Waals surface area (Å²) in [5.41, 5.74) is -0.0299. The zero-order valence-electron chi connectivity index (χ0n) is 12.4. The Morgan fingerprint density at radius 2 is 2.12 bits per heavy atom. The number of thioether (sulfide) groups is 1. The summed E-state index contributed by atoms with van der Waals surface area (Å²) in [5, 5.41) is 2.10. The molecule has 0 saturated carbocycles. The van der Waals surface area contributed by atoms with Crippen LogP contribution in [0.2, 0.25) is 0 Å². The Labute approximate surface area is 110 Å². The van der Waals surface area contributed by atoms with Crippen LogP contribution in [0.25, 0.3) is 10.8 Å². The van der Waals surface area contributed by atoms with Gasteiger partial charge >= 0.3 is 0 Å². The van der Waals surface area contributed by atoms with Crippen LogP contribution in [-0.4, -0.2) is 12.8 Å². The summed E-state index contributed by atoms with van der Waals surface area (Å²) in [6.07, 6.45) is 0.977. The Hall–Kier alpha value is -1.15. The van der Waals surface area contributed by atoms with Crippen LogP contribution in [-0.2, 0) is 6.42 Å². The second-order valence-corrected chi connectivity index (χ2v) is 4.86. The quantitative estimate of drug-likeness (QED) is 0.581. The van der Waals surface area contributed by atoms with Gasteiger partial charge in [0.05, 0.1) is 7.11 Å². The van der Waals surface area contributed by atoms with Crippen molar-refractivity contribution >= 4 is 22.5 Å². The zero-order chi connectivity index (χ0) is 14.0. The number of fused-ring (bicyclic) bond motifs is 1. The predicted molar refractivity (Wildman–Crippen MR) is 76.3 cm³/mol. The molecule has 0 N–H and O–H groups in total. The number of aryl methyl sites for hydroxylation is 1. The molecule has 0 spiro atoms. The fourth-order valence-corrected chi connectivity index (χ4v) is 2.58. The van der Waals surface area contributed by atoms with E-state index in [-0.39, 0.29) is 0 Å². The van der Waals surface area contributed by atoms with E-state index in [1.165, 1.54) is 17.3 Å². The van der Waals surface area contributed by atoms with Gasteiger partial charge in [-0.05, 0) is 41.3 Å². The largest absolute Gasteiger partial charge is 0.496 e. The predicted octanol–water partition coefficient (Wildman–Crippen LogP) is 4.52. The molecule has 0 amide bonds. The highest BCUT2D eigenvalue weighted by molar-refractivity contribution is 7.99. The van der Waals surface area contributed by atoms with Crippen LogP contribution < -0.4 is 4.74 Å². The molecule has 0 bridgehead atoms. The molecule has 90 valence electrons. The molecule has 0 fully saturated rings. The number of hydrogen-bond acceptors (Lipinski definition) is 2. The molecule has 2 heteroatoms. The molecule has 2 aromatic carbocycles. The molecule has 17 heavy (non-hydrogen) atoms. The van der Waals surface area contributed by atoms with E-state index in [9.17, 15) is 0 Å². The van der Waals surface area contributed by atoms with Crippen LogP contribution in [0.1, 0.15) is 22.2 Å². The van der Waals surface area contributed by atoms with Gasteiger partial charge < -0.3 is 4.74 Å². The average Bonchev–Trinajstić information content (AvgIpc) is 2.36. The van der Waals surface area contributed by atoms with E-state index in [1.54, 1.807) is 14.0 Å². The molecule has 0 radical (unpaired) electrons. The molecule has 2 rings (SSSR count). The minimum absolute atomic E-state index is 0.839. The second kappa shape index (κ2) is 5.46. The number of hydrogen-bond donors (Lipinski definition) is 0. The first-order valence-corrected chi connectivity index (χ1v) is 6.55. The lowest BCUT2D eigenvalue weighted by Gasteiger charge is -2.10. The van der Waals surface area contributed by atoms with Crippen molar-refractivity contribution in [2.24, 2.45) is 0 Å². The van der Waals surface area contributed by atoms with Crippen molar-refractivity contribution in [3.8, 4) is 5.75 Å². The third-order valence-corrected chi connectivity index (χ3v) is 3.62. The maximum atomic E-state index is 7.72. The summed E-state index contributed by atoms with van der Waals surface area (Å²) in [5.74, 6) is 0.839. The minimum atomic E-state index is -1.29. The van der Waals surface area contributed by atoms with Crippen LogP contribution >= 0.6 is 11.8 Å². The highest BCUT2D eigenvalue weighted by Gasteiger charge is 2.07. The highest BCUT2D eigenvalue weighted by Crippen LogP contribution is 2.34. The van der Waals surface area contributed by atoms with Gasteiger partial charge in [0, 0.05) is 13.0 Å². The van der Waals surface area contributed by atoms with Gasteiger partial charge in [-0.3, -0.25) is 0 Å². The first kappa shape index (κ1) is 9.84. The maximum absolute atomic E-state index is 7.72. The Balaban J connectivity index is 2.62. The SMILES string of the molecule is [1H][13C@@]([2H])(C)Sc1ccc(OC)c2cc(CC)ccc12. The summed E-state index contributed by atoms with van der Waals surface area (Å²) in [6.45, 7) is 3.70. The summed E-state index contributed by atoms with van der Waals surface area (Å²) in [6, 6.07) is 10.1. The molecule has 0 aliphatic carbocycles. The molecule has 0 aliphatic rings. The van der Waals surface area contributed by atoms with Crippen molar-refractivity contribution in [1.29, 1.82) is 0 Å². The van der Waals surface area contributed by atoms with Crippen LogP contribution in [0, 0.1) is 0 Å². The number of benzene rings is 2. The highest BCUT2D eigenvalue weighted by atomic mass is 32.2. The Kier molecular flexibility index (Phi) is 3.16. The van der Waals surface area contributed by atoms with Crippen LogP contribution in [0.4, 0.5) is 0 Å². The topological polar surface area (TPSA) is 9.23 Å². The molecule has 0 aromatic heterocycles. The zero-order valence-corrected chi connectivity index (χ0v) is 11.2. The van der Waals surface area contributed by atoms with Crippen molar-refractivity contribution in [3.05, 3.63) is 35.9 Å². The van der Waals surface area contributed by atoms with Gasteiger partial charge in [0.1, 0.15) is 5.75 Å². The Morgan fingerprint density at radius 1 is 1.29 bits per heavy atom. The molecular formula is C15H18OS. The van der Waals surface area contributed by atoms with Gasteiger partial charge in [-0.15, -0.1) is 11.8 Å². The van der Waals surface area contributed by atoms with Crippen molar-refractivity contribution in [2.75, 3.05) is 12.8 Å². The van der Waals surface area contributed by atoms with Gasteiger partial charge in [0.15, 0.2) is 0 Å². The third kappa shape index (κ3) is 2.42. The van der Waals surface area contributed by atoms with E-state index in [1.807, 2.05) is 12.1 Å². The average molecular weight is 248 g/mol. The lowest BCUT2D eigenvalue weighted by atomic mass is 10.0. The summed E-state index contributed by atoms with van der Waals surface area (Å²) in [7, 11) is 1.67. The van der Waals surface area contributed by atoms with E-state index in [0.717, 1.165) is 27.8 Å². The number of ether oxygens (including phenoxy) is 1. The first-order valence-electron chi connectivity index (χ1n) is 6.73. The van der Waals surface area contributed by atoms with E-state index in [0.29, 0.717) is 0 Å². The summed E-state index contributed by atoms with van der Waals surface area (Å²) in [4.78, 5) is 0.950. The van der Waals surface area contributed by atoms with E-state index in [4.69, 9.17) is 7.48 Å². The van der Waals surface area contributed by atoms with Crippen molar-refractivity contribution < 1.29 is 7.48 Å². The molecule has 1 nitrogen and oxygen atoms in total. The smallest absolute Gasteiger partial charge is 0.126 e. The molecule has 0 unspecified atom stereocenters. The summed E-state index contributed by atoms with van der Waals surface area (Å²) >= 11 is 1.24. The van der Waals surface area contributed by atoms with Crippen LogP contribution in [0.5, 0.6) is 5.75 Å². The third-order valence-electron chi connectivity index (χ3n) is 2.84. The molecule has 0 aliphatic heterocycles. The fourth-order valence-electron chi connectivity index (χ4n) is 1.94. The Bertz CT molecular complexity index is 590. The van der Waals surface area contributed by atoms with Crippen molar-refractivity contribution in [2.45, 2.75) is 25.2 Å². The van der Waals surface area contributed by atoms with Crippen LogP contribution in [0.15, 0.2) is 35.2 Å². The normalized spacial score (nSPS) is 16.2. The maximum Gasteiger partial charge on any atom is 0.126 e. The number of methoxy groups -OCH3 is 1. The van der Waals surface area contributed by atoms with Gasteiger partial charge in [0.25, 0.3) is 0 Å². The van der Waals surface area contributed by atoms with E-state index >= 15 is 0 Å². The molecule has 1 atom stereocenters. The van der Waals surface area contributed by atoms with E-state index in [2.05, 4.69) is 25.1 Å². The molecule has 2 aromatic rings. The van der Waals surface area contributed by atoms with Crippen LogP contribution in [0.3, 0.4) is 0 Å². The molecule has 0 heterocycles. The lowest BCUT2D eigenvalue weighted by Crippen LogP contribution is -1.89. The Morgan fingerprint density at radius 3 is 2.76 bits per heavy atom. The standard InChI is InChI=1S/C15H18OS/c1-4-11-6-7-12-13(10-11)14(16-3)8-9-15(12)17-5-2/h6-10H,4-5H2,1-3H3/i5+1DH/t5-/m1/s1. The molecular weight excluding hydrogens is 229 g/mol. The van der Waals surface area contributed by atoms with Gasteiger partial charge in [-0.2, -0.15) is 0 Å². The summed E-state index contributed by atoms with van der Waals surface area (Å²) < 4.78 is 20.8. The van der Waals surface area contributed by atoms with E-state index < -0.39 is 5.70 Å². The monoisotopic (exact) mass is 248 g/mol. The minimum Gasteiger partial charge on any atom is -0.496 e. The second-order valence-electron chi connectivity index (χ2n) is 3.81. The lowest BCUT2D eigenvalue weighted by molar-refractivity contribution is 0.419. The first-order chi connectivity index (χ1) is 8.94. The van der Waals surface area contributed by atoms with Crippen molar-refractivity contribution in [1.82, 2.24) is 0 Å². The molecule has 0 saturated heterocycles. The van der Waals surface area contributed by atoms with Gasteiger partial charge in [0.2, 0.25) is 0 Å². The van der Waals surface area contributed by atoms with Crippen molar-refractivity contribution in [3.63, 3.8) is 0 Å². The fraction of sp³-hybridized carbons (Fsp3) is 0.333. The number of rotatable bonds is 4.